The Kier molecular flexibility index (Phi) is 7.70. The molecule has 1 aromatic heterocycles. The van der Waals surface area contributed by atoms with Crippen LogP contribution in [0.25, 0.3) is 0 Å². The van der Waals surface area contributed by atoms with Crippen molar-refractivity contribution in [2.75, 3.05) is 12.4 Å². The Hall–Kier alpha value is -2.58. The van der Waals surface area contributed by atoms with Crippen LogP contribution in [0.2, 0.25) is 0 Å². The van der Waals surface area contributed by atoms with Crippen LogP contribution in [-0.2, 0) is 22.1 Å². The van der Waals surface area contributed by atoms with Crippen molar-refractivity contribution < 1.29 is 13.2 Å². The van der Waals surface area contributed by atoms with Crippen molar-refractivity contribution in [3.8, 4) is 5.75 Å². The van der Waals surface area contributed by atoms with Crippen LogP contribution in [0.3, 0.4) is 0 Å². The largest absolute Gasteiger partial charge is 0.494 e. The highest BCUT2D eigenvalue weighted by Gasteiger charge is 2.21. The van der Waals surface area contributed by atoms with Gasteiger partial charge in [0.25, 0.3) is 0 Å². The first-order valence-corrected chi connectivity index (χ1v) is 12.3. The molecule has 0 aliphatic heterocycles. The minimum absolute atomic E-state index is 0.200. The van der Waals surface area contributed by atoms with E-state index in [2.05, 4.69) is 16.8 Å². The van der Waals surface area contributed by atoms with E-state index in [1.807, 2.05) is 41.8 Å². The SMILES string of the molecule is C=CCn1c(CS(=O)(=O)c2ccc(C)cc2)nnc1SCCCOc1ccccc1. The molecule has 0 atom stereocenters. The minimum atomic E-state index is -3.50. The second-order valence-corrected chi connectivity index (χ2v) is 9.79. The van der Waals surface area contributed by atoms with Crippen molar-refractivity contribution in [3.05, 3.63) is 78.6 Å². The first-order valence-electron chi connectivity index (χ1n) is 9.62. The summed E-state index contributed by atoms with van der Waals surface area (Å²) in [4.78, 5) is 0.286. The van der Waals surface area contributed by atoms with Gasteiger partial charge in [-0.1, -0.05) is 53.7 Å². The molecule has 3 aromatic rings. The molecule has 3 rings (SSSR count). The smallest absolute Gasteiger partial charge is 0.191 e. The average Bonchev–Trinajstić information content (AvgIpc) is 3.10. The summed E-state index contributed by atoms with van der Waals surface area (Å²) in [6.07, 6.45) is 2.55. The Morgan fingerprint density at radius 2 is 1.83 bits per heavy atom. The maximum absolute atomic E-state index is 12.8. The van der Waals surface area contributed by atoms with Crippen LogP contribution in [0.1, 0.15) is 17.8 Å². The van der Waals surface area contributed by atoms with Gasteiger partial charge < -0.3 is 9.30 Å². The van der Waals surface area contributed by atoms with Gasteiger partial charge in [-0.05, 0) is 37.6 Å². The van der Waals surface area contributed by atoms with Gasteiger partial charge in [0.1, 0.15) is 17.3 Å². The van der Waals surface area contributed by atoms with Gasteiger partial charge in [-0.2, -0.15) is 0 Å². The number of sulfone groups is 1. The molecular formula is C22H25N3O3S2. The first kappa shape index (κ1) is 22.1. The second-order valence-electron chi connectivity index (χ2n) is 6.73. The summed E-state index contributed by atoms with van der Waals surface area (Å²) >= 11 is 1.53. The number of rotatable bonds is 11. The third kappa shape index (κ3) is 5.96. The standard InChI is InChI=1S/C22H25N3O3S2/c1-3-14-25-21(17-30(26,27)20-12-10-18(2)11-13-20)23-24-22(25)29-16-7-15-28-19-8-5-4-6-9-19/h3-6,8-13H,1,7,14-17H2,2H3. The maximum atomic E-state index is 12.8. The molecule has 0 unspecified atom stereocenters. The molecule has 0 amide bonds. The lowest BCUT2D eigenvalue weighted by molar-refractivity contribution is 0.318. The quantitative estimate of drug-likeness (QED) is 0.250. The Bertz CT molecular complexity index is 1060. The van der Waals surface area contributed by atoms with E-state index in [0.717, 1.165) is 23.5 Å². The highest BCUT2D eigenvalue weighted by atomic mass is 32.2. The molecular weight excluding hydrogens is 418 g/mol. The van der Waals surface area contributed by atoms with Crippen molar-refractivity contribution in [3.63, 3.8) is 0 Å². The molecule has 0 N–H and O–H groups in total. The second kappa shape index (κ2) is 10.4. The van der Waals surface area contributed by atoms with E-state index >= 15 is 0 Å². The Morgan fingerprint density at radius 3 is 2.53 bits per heavy atom. The van der Waals surface area contributed by atoms with Gasteiger partial charge in [-0.25, -0.2) is 8.42 Å². The van der Waals surface area contributed by atoms with Crippen LogP contribution in [-0.4, -0.2) is 35.5 Å². The van der Waals surface area contributed by atoms with Crippen LogP contribution in [0.5, 0.6) is 5.75 Å². The molecule has 0 aliphatic carbocycles. The van der Waals surface area contributed by atoms with Crippen LogP contribution in [0.15, 0.2) is 77.3 Å². The fraction of sp³-hybridized carbons (Fsp3) is 0.273. The topological polar surface area (TPSA) is 74.1 Å². The molecule has 0 saturated carbocycles. The third-order valence-corrected chi connectivity index (χ3v) is 7.02. The van der Waals surface area contributed by atoms with E-state index < -0.39 is 9.84 Å². The maximum Gasteiger partial charge on any atom is 0.191 e. The molecule has 8 heteroatoms. The van der Waals surface area contributed by atoms with Gasteiger partial charge in [0, 0.05) is 12.3 Å². The highest BCUT2D eigenvalue weighted by Crippen LogP contribution is 2.22. The molecule has 0 aliphatic rings. The molecule has 2 aromatic carbocycles. The van der Waals surface area contributed by atoms with Crippen LogP contribution >= 0.6 is 11.8 Å². The molecule has 0 fully saturated rings. The average molecular weight is 444 g/mol. The highest BCUT2D eigenvalue weighted by molar-refractivity contribution is 7.99. The van der Waals surface area contributed by atoms with E-state index in [9.17, 15) is 8.42 Å². The number of aromatic nitrogens is 3. The number of aryl methyl sites for hydroxylation is 1. The third-order valence-electron chi connectivity index (χ3n) is 4.34. The zero-order valence-corrected chi connectivity index (χ0v) is 18.5. The Balaban J connectivity index is 1.61. The monoisotopic (exact) mass is 443 g/mol. The number of allylic oxidation sites excluding steroid dienone is 1. The van der Waals surface area contributed by atoms with Gasteiger partial charge >= 0.3 is 0 Å². The zero-order valence-electron chi connectivity index (χ0n) is 16.9. The van der Waals surface area contributed by atoms with Crippen molar-refractivity contribution in [2.45, 2.75) is 35.7 Å². The Labute approximate surface area is 181 Å². The molecule has 0 radical (unpaired) electrons. The fourth-order valence-corrected chi connectivity index (χ4v) is 4.92. The number of para-hydroxylation sites is 1. The lowest BCUT2D eigenvalue weighted by Crippen LogP contribution is -2.11. The number of hydrogen-bond acceptors (Lipinski definition) is 6. The van der Waals surface area contributed by atoms with Gasteiger partial charge in [-0.3, -0.25) is 0 Å². The predicted octanol–water partition coefficient (Wildman–Crippen LogP) is 4.31. The molecule has 6 nitrogen and oxygen atoms in total. The van der Waals surface area contributed by atoms with E-state index in [1.165, 1.54) is 11.8 Å². The summed E-state index contributed by atoms with van der Waals surface area (Å²) in [7, 11) is -3.50. The molecule has 0 bridgehead atoms. The minimum Gasteiger partial charge on any atom is -0.494 e. The summed E-state index contributed by atoms with van der Waals surface area (Å²) in [5.74, 6) is 1.85. The number of nitrogens with zero attached hydrogens (tertiary/aromatic N) is 3. The lowest BCUT2D eigenvalue weighted by Gasteiger charge is -2.09. The first-order chi connectivity index (χ1) is 14.5. The predicted molar refractivity (Wildman–Crippen MR) is 120 cm³/mol. The van der Waals surface area contributed by atoms with Gasteiger partial charge in [0.2, 0.25) is 0 Å². The van der Waals surface area contributed by atoms with Crippen LogP contribution in [0.4, 0.5) is 0 Å². The summed E-state index contributed by atoms with van der Waals surface area (Å²) < 4.78 is 33.1. The lowest BCUT2D eigenvalue weighted by atomic mass is 10.2. The number of hydrogen-bond donors (Lipinski definition) is 0. The van der Waals surface area contributed by atoms with Crippen LogP contribution in [0, 0.1) is 6.92 Å². The van der Waals surface area contributed by atoms with E-state index in [1.54, 1.807) is 30.3 Å². The molecule has 1 heterocycles. The van der Waals surface area contributed by atoms with E-state index in [-0.39, 0.29) is 10.6 Å². The molecule has 0 spiro atoms. The van der Waals surface area contributed by atoms with Gasteiger partial charge in [0.15, 0.2) is 15.0 Å². The number of ether oxygens (including phenoxy) is 1. The van der Waals surface area contributed by atoms with Gasteiger partial charge in [0.05, 0.1) is 11.5 Å². The van der Waals surface area contributed by atoms with Crippen molar-refractivity contribution in [2.24, 2.45) is 0 Å². The van der Waals surface area contributed by atoms with Crippen molar-refractivity contribution in [1.82, 2.24) is 14.8 Å². The van der Waals surface area contributed by atoms with Crippen molar-refractivity contribution in [1.29, 1.82) is 0 Å². The van der Waals surface area contributed by atoms with Gasteiger partial charge in [-0.15, -0.1) is 16.8 Å². The molecule has 30 heavy (non-hydrogen) atoms. The number of thioether (sulfide) groups is 1. The van der Waals surface area contributed by atoms with Crippen molar-refractivity contribution >= 4 is 21.6 Å². The summed E-state index contributed by atoms with van der Waals surface area (Å²) in [5, 5.41) is 9.03. The van der Waals surface area contributed by atoms with Crippen LogP contribution < -0.4 is 4.74 Å². The molecule has 158 valence electrons. The summed E-state index contributed by atoms with van der Waals surface area (Å²) in [6, 6.07) is 16.5. The zero-order chi connectivity index (χ0) is 21.4. The normalized spacial score (nSPS) is 11.4. The fourth-order valence-electron chi connectivity index (χ4n) is 2.77. The molecule has 0 saturated heterocycles. The van der Waals surface area contributed by atoms with E-state index in [0.29, 0.717) is 24.1 Å². The summed E-state index contributed by atoms with van der Waals surface area (Å²) in [5.41, 5.74) is 1.01. The Morgan fingerprint density at radius 1 is 1.10 bits per heavy atom. The number of benzene rings is 2. The van der Waals surface area contributed by atoms with E-state index in [4.69, 9.17) is 4.74 Å². The summed E-state index contributed by atoms with van der Waals surface area (Å²) in [6.45, 7) is 6.74.